The number of esters is 1. The molecule has 0 radical (unpaired) electrons. The van der Waals surface area contributed by atoms with Gasteiger partial charge < -0.3 is 19.4 Å². The highest BCUT2D eigenvalue weighted by molar-refractivity contribution is 5.99. The summed E-state index contributed by atoms with van der Waals surface area (Å²) >= 11 is 0. The number of nitrogens with one attached hydrogen (secondary N) is 1. The van der Waals surface area contributed by atoms with Gasteiger partial charge in [0.2, 0.25) is 0 Å². The van der Waals surface area contributed by atoms with Gasteiger partial charge in [0.1, 0.15) is 11.6 Å². The number of rotatable bonds is 7. The molecule has 7 nitrogen and oxygen atoms in total. The number of nitrogens with zero attached hydrogens (tertiary/aromatic N) is 2. The van der Waals surface area contributed by atoms with E-state index in [2.05, 4.69) is 9.88 Å². The summed E-state index contributed by atoms with van der Waals surface area (Å²) in [5.41, 5.74) is 2.64. The topological polar surface area (TPSA) is 93.4 Å². The molecular formula is C20H27N3O4. The van der Waals surface area contributed by atoms with Gasteiger partial charge in [0.05, 0.1) is 6.10 Å². The molecule has 0 aliphatic carbocycles. The van der Waals surface area contributed by atoms with Gasteiger partial charge in [-0.05, 0) is 58.2 Å². The molecule has 1 fully saturated rings. The molecule has 1 amide bonds. The molecule has 1 aromatic rings. The molecule has 7 heteroatoms. The second-order valence-electron chi connectivity index (χ2n) is 6.68. The quantitative estimate of drug-likeness (QED) is 0.449. The van der Waals surface area contributed by atoms with E-state index in [0.29, 0.717) is 6.54 Å². The predicted octanol–water partition coefficient (Wildman–Crippen LogP) is 2.26. The number of carbonyl (C=O) groups excluding carboxylic acids is 2. The number of hydrogen-bond donors (Lipinski definition) is 1. The van der Waals surface area contributed by atoms with Crippen molar-refractivity contribution >= 4 is 18.0 Å². The zero-order valence-corrected chi connectivity index (χ0v) is 16.4. The Morgan fingerprint density at radius 3 is 2.85 bits per heavy atom. The lowest BCUT2D eigenvalue weighted by Crippen LogP contribution is -2.35. The number of nitriles is 1. The van der Waals surface area contributed by atoms with Crippen molar-refractivity contribution in [1.29, 1.82) is 5.26 Å². The number of hydrogen-bond acceptors (Lipinski definition) is 5. The SMILES string of the molecule is CCNC(=O)[C@@H](C)OC(=O)/C(C#N)=C/c1cc(C)n(C[C@@H]2CCCO2)c1C. The zero-order chi connectivity index (χ0) is 20.0. The first-order chi connectivity index (χ1) is 12.9. The standard InChI is InChI=1S/C20H27N3O4/c1-5-22-19(24)15(4)27-20(25)17(11-21)10-16-9-13(2)23(14(16)3)12-18-7-6-8-26-18/h9-10,15,18H,5-8,12H2,1-4H3,(H,22,24)/b17-10+/t15-,18+/m1/s1. The first-order valence-corrected chi connectivity index (χ1v) is 9.26. The van der Waals surface area contributed by atoms with Gasteiger partial charge >= 0.3 is 5.97 Å². The molecule has 1 aliphatic heterocycles. The van der Waals surface area contributed by atoms with Crippen LogP contribution in [0.4, 0.5) is 0 Å². The second kappa shape index (κ2) is 9.38. The Kier molecular flexibility index (Phi) is 7.19. The van der Waals surface area contributed by atoms with E-state index in [1.54, 1.807) is 6.92 Å². The van der Waals surface area contributed by atoms with Crippen molar-refractivity contribution in [1.82, 2.24) is 9.88 Å². The molecule has 1 aliphatic rings. The van der Waals surface area contributed by atoms with Crippen LogP contribution < -0.4 is 5.32 Å². The Balaban J connectivity index is 2.16. The van der Waals surface area contributed by atoms with Crippen LogP contribution in [0.5, 0.6) is 0 Å². The summed E-state index contributed by atoms with van der Waals surface area (Å²) in [6, 6.07) is 3.81. The number of aromatic nitrogens is 1. The molecule has 2 rings (SSSR count). The van der Waals surface area contributed by atoms with E-state index in [1.807, 2.05) is 26.0 Å². The maximum absolute atomic E-state index is 12.3. The van der Waals surface area contributed by atoms with Gasteiger partial charge in [0, 0.05) is 31.1 Å². The van der Waals surface area contributed by atoms with Crippen LogP contribution in [-0.2, 0) is 25.6 Å². The van der Waals surface area contributed by atoms with E-state index in [1.165, 1.54) is 13.0 Å². The summed E-state index contributed by atoms with van der Waals surface area (Å²) in [5.74, 6) is -1.20. The van der Waals surface area contributed by atoms with Gasteiger partial charge in [-0.25, -0.2) is 4.79 Å². The number of carbonyl (C=O) groups is 2. The van der Waals surface area contributed by atoms with E-state index in [9.17, 15) is 14.9 Å². The highest BCUT2D eigenvalue weighted by Crippen LogP contribution is 2.22. The number of aryl methyl sites for hydroxylation is 1. The molecule has 0 saturated carbocycles. The Bertz CT molecular complexity index is 767. The van der Waals surface area contributed by atoms with E-state index in [4.69, 9.17) is 9.47 Å². The Morgan fingerprint density at radius 2 is 2.26 bits per heavy atom. The minimum Gasteiger partial charge on any atom is -0.448 e. The van der Waals surface area contributed by atoms with E-state index in [0.717, 1.165) is 42.9 Å². The maximum atomic E-state index is 12.3. The van der Waals surface area contributed by atoms with Gasteiger partial charge in [-0.15, -0.1) is 0 Å². The van der Waals surface area contributed by atoms with Crippen molar-refractivity contribution in [3.63, 3.8) is 0 Å². The molecule has 27 heavy (non-hydrogen) atoms. The Hall–Kier alpha value is -2.59. The number of likely N-dealkylation sites (N-methyl/N-ethyl adjacent to an activating group) is 1. The van der Waals surface area contributed by atoms with Crippen molar-refractivity contribution < 1.29 is 19.1 Å². The van der Waals surface area contributed by atoms with Crippen molar-refractivity contribution in [2.75, 3.05) is 13.2 Å². The first-order valence-electron chi connectivity index (χ1n) is 9.26. The molecule has 1 saturated heterocycles. The first kappa shape index (κ1) is 20.7. The molecule has 1 N–H and O–H groups in total. The fourth-order valence-corrected chi connectivity index (χ4v) is 3.13. The fourth-order valence-electron chi connectivity index (χ4n) is 3.13. The average molecular weight is 373 g/mol. The van der Waals surface area contributed by atoms with Crippen LogP contribution >= 0.6 is 0 Å². The Labute approximate surface area is 159 Å². The number of ether oxygens (including phenoxy) is 2. The van der Waals surface area contributed by atoms with Crippen molar-refractivity contribution in [2.45, 2.75) is 59.3 Å². The highest BCUT2D eigenvalue weighted by atomic mass is 16.5. The molecule has 0 unspecified atom stereocenters. The minimum absolute atomic E-state index is 0.136. The van der Waals surface area contributed by atoms with Crippen molar-refractivity contribution in [3.8, 4) is 6.07 Å². The molecule has 1 aromatic heterocycles. The van der Waals surface area contributed by atoms with Crippen LogP contribution in [0, 0.1) is 25.2 Å². The highest BCUT2D eigenvalue weighted by Gasteiger charge is 2.22. The lowest BCUT2D eigenvalue weighted by Gasteiger charge is -2.14. The molecule has 0 bridgehead atoms. The predicted molar refractivity (Wildman–Crippen MR) is 101 cm³/mol. The average Bonchev–Trinajstić information content (AvgIpc) is 3.23. The lowest BCUT2D eigenvalue weighted by atomic mass is 10.1. The zero-order valence-electron chi connectivity index (χ0n) is 16.4. The van der Waals surface area contributed by atoms with Gasteiger partial charge in [0.15, 0.2) is 6.10 Å². The second-order valence-corrected chi connectivity index (χ2v) is 6.68. The monoisotopic (exact) mass is 373 g/mol. The van der Waals surface area contributed by atoms with Crippen LogP contribution in [0.2, 0.25) is 0 Å². The van der Waals surface area contributed by atoms with Crippen LogP contribution in [0.15, 0.2) is 11.6 Å². The van der Waals surface area contributed by atoms with Gasteiger partial charge in [-0.2, -0.15) is 5.26 Å². The molecule has 2 atom stereocenters. The number of amides is 1. The Morgan fingerprint density at radius 1 is 1.52 bits per heavy atom. The smallest absolute Gasteiger partial charge is 0.349 e. The van der Waals surface area contributed by atoms with Crippen LogP contribution in [0.1, 0.15) is 43.6 Å². The minimum atomic E-state index is -0.957. The summed E-state index contributed by atoms with van der Waals surface area (Å²) in [6.45, 7) is 9.19. The third-order valence-electron chi connectivity index (χ3n) is 4.67. The van der Waals surface area contributed by atoms with Crippen LogP contribution in [0.25, 0.3) is 6.08 Å². The molecular weight excluding hydrogens is 346 g/mol. The largest absolute Gasteiger partial charge is 0.448 e. The van der Waals surface area contributed by atoms with E-state index in [-0.39, 0.29) is 11.7 Å². The molecule has 2 heterocycles. The summed E-state index contributed by atoms with van der Waals surface area (Å²) in [6.07, 6.45) is 2.87. The summed E-state index contributed by atoms with van der Waals surface area (Å²) in [5, 5.41) is 11.9. The lowest BCUT2D eigenvalue weighted by molar-refractivity contribution is -0.150. The van der Waals surface area contributed by atoms with Gasteiger partial charge in [-0.3, -0.25) is 4.79 Å². The van der Waals surface area contributed by atoms with Crippen molar-refractivity contribution in [2.24, 2.45) is 0 Å². The molecule has 0 aromatic carbocycles. The van der Waals surface area contributed by atoms with E-state index >= 15 is 0 Å². The maximum Gasteiger partial charge on any atom is 0.349 e. The van der Waals surface area contributed by atoms with Gasteiger partial charge in [-0.1, -0.05) is 0 Å². The van der Waals surface area contributed by atoms with Gasteiger partial charge in [0.25, 0.3) is 5.91 Å². The summed E-state index contributed by atoms with van der Waals surface area (Å²) < 4.78 is 12.9. The van der Waals surface area contributed by atoms with Crippen molar-refractivity contribution in [3.05, 3.63) is 28.6 Å². The van der Waals surface area contributed by atoms with Crippen LogP contribution in [0.3, 0.4) is 0 Å². The third kappa shape index (κ3) is 5.20. The van der Waals surface area contributed by atoms with E-state index < -0.39 is 18.0 Å². The molecule has 0 spiro atoms. The summed E-state index contributed by atoms with van der Waals surface area (Å²) in [7, 11) is 0. The fraction of sp³-hybridized carbons (Fsp3) is 0.550. The molecule has 146 valence electrons. The van der Waals surface area contributed by atoms with Crippen LogP contribution in [-0.4, -0.2) is 41.8 Å². The summed E-state index contributed by atoms with van der Waals surface area (Å²) in [4.78, 5) is 24.0. The normalized spacial score (nSPS) is 18.0. The third-order valence-corrected chi connectivity index (χ3v) is 4.67.